The van der Waals surface area contributed by atoms with Crippen LogP contribution in [-0.2, 0) is 4.79 Å². The molecule has 1 saturated heterocycles. The smallest absolute Gasteiger partial charge is 0.226 e. The van der Waals surface area contributed by atoms with Crippen LogP contribution in [0.25, 0.3) is 22.7 Å². The van der Waals surface area contributed by atoms with Gasteiger partial charge in [0, 0.05) is 41.7 Å². The topological polar surface area (TPSA) is 123 Å². The molecule has 3 aromatic rings. The number of hydrogen-bond donors (Lipinski definition) is 3. The maximum Gasteiger partial charge on any atom is 0.226 e. The molecular formula is C34H41FN4O4S. The number of aromatic nitrogens is 1. The van der Waals surface area contributed by atoms with E-state index in [4.69, 9.17) is 9.40 Å². The van der Waals surface area contributed by atoms with E-state index in [0.29, 0.717) is 53.9 Å². The summed E-state index contributed by atoms with van der Waals surface area (Å²) in [6.45, 7) is 1.16. The third kappa shape index (κ3) is 6.80. The lowest BCUT2D eigenvalue weighted by atomic mass is 9.76. The van der Waals surface area contributed by atoms with E-state index in [9.17, 15) is 23.6 Å². The Kier molecular flexibility index (Phi) is 9.26. The summed E-state index contributed by atoms with van der Waals surface area (Å²) >= 11 is 0. The highest BCUT2D eigenvalue weighted by Crippen LogP contribution is 2.45. The molecule has 234 valence electrons. The molecule has 2 aliphatic carbocycles. The molecule has 2 heterocycles. The molecule has 3 atom stereocenters. The molecule has 2 saturated carbocycles. The first-order valence-electron chi connectivity index (χ1n) is 15.9. The van der Waals surface area contributed by atoms with E-state index in [1.807, 2.05) is 24.3 Å². The van der Waals surface area contributed by atoms with Gasteiger partial charge in [-0.2, -0.15) is 15.9 Å². The summed E-state index contributed by atoms with van der Waals surface area (Å²) in [5, 5.41) is 13.1. The van der Waals surface area contributed by atoms with Crippen molar-refractivity contribution in [3.05, 3.63) is 60.1 Å². The van der Waals surface area contributed by atoms with E-state index in [-0.39, 0.29) is 29.5 Å². The summed E-state index contributed by atoms with van der Waals surface area (Å²) in [4.78, 5) is 20.9. The van der Waals surface area contributed by atoms with Crippen molar-refractivity contribution < 1.29 is 22.7 Å². The standard InChI is InChI=1S/C34H41FN4O4S/c35-26-14-10-25(11-15-26)34-38-31(24-12-16-27(17-13-24)39-18-20-44(41,42)21-19-39)32(43-34)28-8-4-5-9-29(28)33(40)37-30(22-36)23-6-2-1-3-7-23/h10-17,23,28-30,41-42H,1-9,18-21H2,(H,37,40)/t28-,29-,30?/m1/s1. The lowest BCUT2D eigenvalue weighted by Gasteiger charge is -2.41. The number of anilines is 1. The number of halogens is 1. The van der Waals surface area contributed by atoms with Gasteiger partial charge in [0.1, 0.15) is 23.3 Å². The Labute approximate surface area is 260 Å². The molecule has 10 heteroatoms. The Morgan fingerprint density at radius 3 is 2.27 bits per heavy atom. The minimum Gasteiger partial charge on any atom is -0.440 e. The fourth-order valence-electron chi connectivity index (χ4n) is 7.06. The second-order valence-corrected chi connectivity index (χ2v) is 14.9. The molecule has 1 amide bonds. The number of benzene rings is 2. The number of nitriles is 1. The zero-order valence-electron chi connectivity index (χ0n) is 25.0. The summed E-state index contributed by atoms with van der Waals surface area (Å²) in [6, 6.07) is 15.9. The first-order chi connectivity index (χ1) is 21.3. The van der Waals surface area contributed by atoms with Crippen molar-refractivity contribution in [3.8, 4) is 28.8 Å². The van der Waals surface area contributed by atoms with Crippen LogP contribution in [0.1, 0.15) is 69.5 Å². The highest BCUT2D eigenvalue weighted by atomic mass is 32.3. The van der Waals surface area contributed by atoms with Crippen LogP contribution in [0.2, 0.25) is 0 Å². The molecule has 0 radical (unpaired) electrons. The summed E-state index contributed by atoms with van der Waals surface area (Å²) in [5.41, 5.74) is 3.16. The minimum atomic E-state index is -2.49. The van der Waals surface area contributed by atoms with Crippen LogP contribution in [0, 0.1) is 29.0 Å². The van der Waals surface area contributed by atoms with Crippen LogP contribution >= 0.6 is 10.6 Å². The van der Waals surface area contributed by atoms with Crippen molar-refractivity contribution in [2.75, 3.05) is 29.5 Å². The number of nitrogens with zero attached hydrogens (tertiary/aromatic N) is 3. The highest BCUT2D eigenvalue weighted by molar-refractivity contribution is 8.24. The monoisotopic (exact) mass is 620 g/mol. The highest BCUT2D eigenvalue weighted by Gasteiger charge is 2.38. The predicted octanol–water partition coefficient (Wildman–Crippen LogP) is 7.58. The molecule has 8 nitrogen and oxygen atoms in total. The number of carbonyl (C=O) groups excluding carboxylic acids is 1. The minimum absolute atomic E-state index is 0.0936. The molecule has 1 aromatic heterocycles. The second kappa shape index (κ2) is 13.3. The van der Waals surface area contributed by atoms with E-state index in [1.165, 1.54) is 18.6 Å². The molecule has 44 heavy (non-hydrogen) atoms. The maximum atomic E-state index is 13.8. The summed E-state index contributed by atoms with van der Waals surface area (Å²) < 4.78 is 40.3. The predicted molar refractivity (Wildman–Crippen MR) is 171 cm³/mol. The Bertz CT molecular complexity index is 1470. The molecule has 1 aliphatic heterocycles. The molecule has 2 aromatic carbocycles. The molecule has 0 bridgehead atoms. The third-order valence-corrected chi connectivity index (χ3v) is 11.3. The largest absolute Gasteiger partial charge is 0.440 e. The van der Waals surface area contributed by atoms with Gasteiger partial charge in [0.05, 0.1) is 17.6 Å². The number of nitrogens with one attached hydrogen (secondary N) is 1. The van der Waals surface area contributed by atoms with Crippen LogP contribution in [0.4, 0.5) is 10.1 Å². The molecule has 3 fully saturated rings. The second-order valence-electron chi connectivity index (χ2n) is 12.5. The fourth-order valence-corrected chi connectivity index (χ4v) is 8.29. The quantitative estimate of drug-likeness (QED) is 0.249. The number of oxazole rings is 1. The molecule has 3 aliphatic rings. The van der Waals surface area contributed by atoms with Crippen LogP contribution < -0.4 is 10.2 Å². The summed E-state index contributed by atoms with van der Waals surface area (Å²) in [5.74, 6) is 0.951. The average Bonchev–Trinajstić information content (AvgIpc) is 3.50. The van der Waals surface area contributed by atoms with Crippen molar-refractivity contribution in [2.45, 2.75) is 69.7 Å². The lowest BCUT2D eigenvalue weighted by molar-refractivity contribution is -0.127. The van der Waals surface area contributed by atoms with Crippen LogP contribution in [-0.4, -0.2) is 50.6 Å². The number of hydrogen-bond acceptors (Lipinski definition) is 7. The van der Waals surface area contributed by atoms with Gasteiger partial charge in [-0.05, 0) is 68.0 Å². The van der Waals surface area contributed by atoms with Crippen LogP contribution in [0.5, 0.6) is 0 Å². The van der Waals surface area contributed by atoms with Crippen molar-refractivity contribution in [1.82, 2.24) is 10.3 Å². The van der Waals surface area contributed by atoms with E-state index < -0.39 is 16.6 Å². The van der Waals surface area contributed by atoms with E-state index in [1.54, 1.807) is 12.1 Å². The van der Waals surface area contributed by atoms with Crippen LogP contribution in [0.15, 0.2) is 52.9 Å². The first kappa shape index (κ1) is 30.6. The number of carbonyl (C=O) groups is 1. The molecular weight excluding hydrogens is 579 g/mol. The third-order valence-electron chi connectivity index (χ3n) is 9.62. The average molecular weight is 621 g/mol. The zero-order chi connectivity index (χ0) is 30.7. The Morgan fingerprint density at radius 1 is 0.955 bits per heavy atom. The molecule has 3 N–H and O–H groups in total. The molecule has 1 unspecified atom stereocenters. The Balaban J connectivity index is 1.30. The van der Waals surface area contributed by atoms with E-state index in [2.05, 4.69) is 16.3 Å². The number of rotatable bonds is 7. The Morgan fingerprint density at radius 2 is 1.59 bits per heavy atom. The number of amides is 1. The van der Waals surface area contributed by atoms with Gasteiger partial charge < -0.3 is 14.6 Å². The lowest BCUT2D eigenvalue weighted by Crippen LogP contribution is -2.44. The fraction of sp³-hybridized carbons (Fsp3) is 0.500. The SMILES string of the molecule is N#CC(NC(=O)[C@@H]1CCCC[C@H]1c1oc(-c2ccc(F)cc2)nc1-c1ccc(N2CCS(O)(O)CC2)cc1)C1CCCCC1. The van der Waals surface area contributed by atoms with Crippen LogP contribution in [0.3, 0.4) is 0 Å². The van der Waals surface area contributed by atoms with Gasteiger partial charge in [-0.15, -0.1) is 0 Å². The van der Waals surface area contributed by atoms with Crippen molar-refractivity contribution >= 4 is 22.2 Å². The van der Waals surface area contributed by atoms with E-state index in [0.717, 1.165) is 56.2 Å². The van der Waals surface area contributed by atoms with Crippen molar-refractivity contribution in [2.24, 2.45) is 11.8 Å². The maximum absolute atomic E-state index is 13.8. The van der Waals surface area contributed by atoms with Gasteiger partial charge in [-0.3, -0.25) is 13.9 Å². The normalized spacial score (nSPS) is 23.8. The van der Waals surface area contributed by atoms with Gasteiger partial charge in [-0.25, -0.2) is 9.37 Å². The molecule has 0 spiro atoms. The van der Waals surface area contributed by atoms with Gasteiger partial charge in [0.15, 0.2) is 0 Å². The summed E-state index contributed by atoms with van der Waals surface area (Å²) in [6.07, 6.45) is 8.67. The molecule has 6 rings (SSSR count). The first-order valence-corrected chi connectivity index (χ1v) is 17.8. The summed E-state index contributed by atoms with van der Waals surface area (Å²) in [7, 11) is -2.49. The van der Waals surface area contributed by atoms with Gasteiger partial charge in [-0.1, -0.05) is 44.2 Å². The van der Waals surface area contributed by atoms with Gasteiger partial charge in [0.2, 0.25) is 11.8 Å². The van der Waals surface area contributed by atoms with Gasteiger partial charge in [0.25, 0.3) is 0 Å². The van der Waals surface area contributed by atoms with E-state index >= 15 is 0 Å². The van der Waals surface area contributed by atoms with Crippen molar-refractivity contribution in [1.29, 1.82) is 5.26 Å². The van der Waals surface area contributed by atoms with Crippen molar-refractivity contribution in [3.63, 3.8) is 0 Å². The Hall–Kier alpha value is -3.39. The zero-order valence-corrected chi connectivity index (χ0v) is 25.8. The van der Waals surface area contributed by atoms with Gasteiger partial charge >= 0.3 is 0 Å².